The second-order valence-corrected chi connectivity index (χ2v) is 5.40. The molecule has 3 nitrogen and oxygen atoms in total. The fourth-order valence-corrected chi connectivity index (χ4v) is 2.23. The lowest BCUT2D eigenvalue weighted by molar-refractivity contribution is 0.546. The summed E-state index contributed by atoms with van der Waals surface area (Å²) in [6.07, 6.45) is 3.63. The molecule has 1 aromatic heterocycles. The average molecular weight is 320 g/mol. The molecule has 100 valence electrons. The predicted octanol–water partition coefficient (Wildman–Crippen LogP) is 3.15. The van der Waals surface area contributed by atoms with Crippen LogP contribution in [0.15, 0.2) is 47.1 Å². The summed E-state index contributed by atoms with van der Waals surface area (Å²) in [5.41, 5.74) is 6.41. The Morgan fingerprint density at radius 1 is 1.21 bits per heavy atom. The number of aromatic nitrogens is 1. The van der Waals surface area contributed by atoms with Crippen molar-refractivity contribution in [2.75, 3.05) is 0 Å². The number of halogens is 1. The number of nitrogens with one attached hydrogen (secondary N) is 1. The van der Waals surface area contributed by atoms with E-state index >= 15 is 0 Å². The van der Waals surface area contributed by atoms with Crippen LogP contribution in [-0.2, 0) is 12.8 Å². The van der Waals surface area contributed by atoms with Crippen molar-refractivity contribution >= 4 is 15.9 Å². The zero-order valence-corrected chi connectivity index (χ0v) is 12.5. The molecule has 4 heteroatoms. The van der Waals surface area contributed by atoms with E-state index in [1.54, 1.807) is 0 Å². The summed E-state index contributed by atoms with van der Waals surface area (Å²) in [6, 6.07) is 12.6. The van der Waals surface area contributed by atoms with E-state index in [0.717, 1.165) is 23.0 Å². The van der Waals surface area contributed by atoms with Crippen molar-refractivity contribution in [2.45, 2.75) is 25.8 Å². The second-order valence-electron chi connectivity index (χ2n) is 4.49. The molecule has 0 aliphatic rings. The maximum atomic E-state index is 5.67. The molecule has 2 rings (SSSR count). The molecule has 1 aromatic carbocycles. The third kappa shape index (κ3) is 3.86. The smallest absolute Gasteiger partial charge is 0.0515 e. The summed E-state index contributed by atoms with van der Waals surface area (Å²) < 4.78 is 0.987. The van der Waals surface area contributed by atoms with Crippen LogP contribution >= 0.6 is 15.9 Å². The minimum absolute atomic E-state index is 0.0829. The molecule has 0 saturated heterocycles. The lowest BCUT2D eigenvalue weighted by atomic mass is 10.0. The van der Waals surface area contributed by atoms with Crippen molar-refractivity contribution in [2.24, 2.45) is 5.84 Å². The van der Waals surface area contributed by atoms with Crippen LogP contribution in [0.1, 0.15) is 29.8 Å². The van der Waals surface area contributed by atoms with E-state index in [-0.39, 0.29) is 6.04 Å². The molecule has 0 aliphatic heterocycles. The summed E-state index contributed by atoms with van der Waals surface area (Å²) in [4.78, 5) is 4.38. The summed E-state index contributed by atoms with van der Waals surface area (Å²) in [5.74, 6) is 5.67. The van der Waals surface area contributed by atoms with Crippen LogP contribution in [0.25, 0.3) is 0 Å². The number of nitrogens with two attached hydrogens (primary N) is 1. The van der Waals surface area contributed by atoms with Gasteiger partial charge in [0.2, 0.25) is 0 Å². The molecule has 3 N–H and O–H groups in total. The number of hydrogen-bond donors (Lipinski definition) is 2. The van der Waals surface area contributed by atoms with Crippen molar-refractivity contribution in [3.8, 4) is 0 Å². The van der Waals surface area contributed by atoms with E-state index < -0.39 is 0 Å². The first kappa shape index (κ1) is 14.2. The molecule has 1 unspecified atom stereocenters. The topological polar surface area (TPSA) is 50.9 Å². The molecule has 0 radical (unpaired) electrons. The Morgan fingerprint density at radius 2 is 1.95 bits per heavy atom. The highest BCUT2D eigenvalue weighted by molar-refractivity contribution is 9.10. The average Bonchev–Trinajstić information content (AvgIpc) is 2.47. The molecule has 2 aromatic rings. The summed E-state index contributed by atoms with van der Waals surface area (Å²) in [6.45, 7) is 2.15. The van der Waals surface area contributed by atoms with Crippen LogP contribution in [0.3, 0.4) is 0 Å². The van der Waals surface area contributed by atoms with Crippen LogP contribution in [-0.4, -0.2) is 4.98 Å². The molecule has 1 atom stereocenters. The van der Waals surface area contributed by atoms with Crippen LogP contribution in [0.5, 0.6) is 0 Å². The molecular weight excluding hydrogens is 302 g/mol. The van der Waals surface area contributed by atoms with E-state index in [1.807, 2.05) is 18.3 Å². The van der Waals surface area contributed by atoms with Gasteiger partial charge < -0.3 is 0 Å². The highest BCUT2D eigenvalue weighted by Crippen LogP contribution is 2.18. The molecule has 0 spiro atoms. The zero-order chi connectivity index (χ0) is 13.7. The number of nitrogens with zero attached hydrogens (tertiary/aromatic N) is 1. The Morgan fingerprint density at radius 3 is 2.47 bits per heavy atom. The first-order chi connectivity index (χ1) is 9.22. The molecule has 1 heterocycles. The van der Waals surface area contributed by atoms with Crippen molar-refractivity contribution < 1.29 is 0 Å². The maximum absolute atomic E-state index is 5.67. The summed E-state index contributed by atoms with van der Waals surface area (Å²) in [5, 5.41) is 0. The standard InChI is InChI=1S/C15H18BrN3/c1-2-11-3-5-12(6-4-11)15(19-17)9-14-8-7-13(16)10-18-14/h3-8,10,15,19H,2,9,17H2,1H3. The van der Waals surface area contributed by atoms with Gasteiger partial charge in [-0.3, -0.25) is 16.3 Å². The minimum atomic E-state index is 0.0829. The fraction of sp³-hybridized carbons (Fsp3) is 0.267. The van der Waals surface area contributed by atoms with Crippen molar-refractivity contribution in [1.82, 2.24) is 10.4 Å². The van der Waals surface area contributed by atoms with E-state index in [0.29, 0.717) is 0 Å². The molecular formula is C15H18BrN3. The van der Waals surface area contributed by atoms with Crippen molar-refractivity contribution in [3.63, 3.8) is 0 Å². The highest BCUT2D eigenvalue weighted by atomic mass is 79.9. The first-order valence-electron chi connectivity index (χ1n) is 6.38. The molecule has 0 amide bonds. The van der Waals surface area contributed by atoms with Gasteiger partial charge >= 0.3 is 0 Å². The van der Waals surface area contributed by atoms with Crippen molar-refractivity contribution in [1.29, 1.82) is 0 Å². The number of pyridine rings is 1. The van der Waals surface area contributed by atoms with Gasteiger partial charge in [0.15, 0.2) is 0 Å². The fourth-order valence-electron chi connectivity index (χ4n) is 1.99. The maximum Gasteiger partial charge on any atom is 0.0515 e. The van der Waals surface area contributed by atoms with Crippen LogP contribution in [0.4, 0.5) is 0 Å². The molecule has 0 aliphatic carbocycles. The zero-order valence-electron chi connectivity index (χ0n) is 10.9. The highest BCUT2D eigenvalue weighted by Gasteiger charge is 2.11. The SMILES string of the molecule is CCc1ccc(C(Cc2ccc(Br)cn2)NN)cc1. The Labute approximate surface area is 122 Å². The van der Waals surface area contributed by atoms with Gasteiger partial charge in [-0.2, -0.15) is 0 Å². The molecule has 0 saturated carbocycles. The normalized spacial score (nSPS) is 12.4. The van der Waals surface area contributed by atoms with Gasteiger partial charge in [0.25, 0.3) is 0 Å². The largest absolute Gasteiger partial charge is 0.271 e. The van der Waals surface area contributed by atoms with Gasteiger partial charge in [-0.15, -0.1) is 0 Å². The van der Waals surface area contributed by atoms with Crippen molar-refractivity contribution in [3.05, 3.63) is 63.9 Å². The number of rotatable bonds is 5. The minimum Gasteiger partial charge on any atom is -0.271 e. The first-order valence-corrected chi connectivity index (χ1v) is 7.17. The lowest BCUT2D eigenvalue weighted by Gasteiger charge is -2.16. The van der Waals surface area contributed by atoms with Gasteiger partial charge in [-0.25, -0.2) is 0 Å². The Bertz CT molecular complexity index is 508. The number of aryl methyl sites for hydroxylation is 1. The molecule has 0 bridgehead atoms. The van der Waals surface area contributed by atoms with Gasteiger partial charge in [0.05, 0.1) is 6.04 Å². The van der Waals surface area contributed by atoms with Crippen LogP contribution in [0, 0.1) is 0 Å². The van der Waals surface area contributed by atoms with Gasteiger partial charge in [-0.1, -0.05) is 31.2 Å². The van der Waals surface area contributed by atoms with Crippen LogP contribution < -0.4 is 11.3 Å². The second kappa shape index (κ2) is 6.80. The Hall–Kier alpha value is -1.23. The van der Waals surface area contributed by atoms with Gasteiger partial charge in [-0.05, 0) is 45.6 Å². The lowest BCUT2D eigenvalue weighted by Crippen LogP contribution is -2.29. The van der Waals surface area contributed by atoms with Gasteiger partial charge in [0, 0.05) is 22.8 Å². The number of hydrogen-bond acceptors (Lipinski definition) is 3. The van der Waals surface area contributed by atoms with E-state index in [2.05, 4.69) is 57.5 Å². The molecule has 19 heavy (non-hydrogen) atoms. The third-order valence-electron chi connectivity index (χ3n) is 3.19. The third-order valence-corrected chi connectivity index (χ3v) is 3.66. The molecule has 0 fully saturated rings. The van der Waals surface area contributed by atoms with E-state index in [4.69, 9.17) is 5.84 Å². The number of benzene rings is 1. The van der Waals surface area contributed by atoms with E-state index in [9.17, 15) is 0 Å². The van der Waals surface area contributed by atoms with Gasteiger partial charge in [0.1, 0.15) is 0 Å². The van der Waals surface area contributed by atoms with E-state index in [1.165, 1.54) is 11.1 Å². The monoisotopic (exact) mass is 319 g/mol. The van der Waals surface area contributed by atoms with Crippen LogP contribution in [0.2, 0.25) is 0 Å². The summed E-state index contributed by atoms with van der Waals surface area (Å²) in [7, 11) is 0. The Kier molecular flexibility index (Phi) is 5.07. The quantitative estimate of drug-likeness (QED) is 0.657. The Balaban J connectivity index is 2.12. The predicted molar refractivity (Wildman–Crippen MR) is 81.5 cm³/mol. The summed E-state index contributed by atoms with van der Waals surface area (Å²) >= 11 is 3.39. The number of hydrazine groups is 1.